The number of hydrogen-bond donors (Lipinski definition) is 1. The molecule has 5 nitrogen and oxygen atoms in total. The van der Waals surface area contributed by atoms with Gasteiger partial charge < -0.3 is 15.1 Å². The smallest absolute Gasteiger partial charge is 0.351 e. The Morgan fingerprint density at radius 2 is 2.19 bits per heavy atom. The van der Waals surface area contributed by atoms with E-state index >= 15 is 0 Å². The van der Waals surface area contributed by atoms with Crippen molar-refractivity contribution in [1.29, 1.82) is 0 Å². The van der Waals surface area contributed by atoms with Crippen LogP contribution in [0.5, 0.6) is 0 Å². The number of piperazine rings is 1. The van der Waals surface area contributed by atoms with E-state index in [1.54, 1.807) is 11.1 Å². The number of nitrogens with zero attached hydrogens (tertiary/aromatic N) is 2. The molecule has 0 spiro atoms. The first-order chi connectivity index (χ1) is 7.48. The van der Waals surface area contributed by atoms with E-state index in [-0.39, 0.29) is 6.17 Å². The van der Waals surface area contributed by atoms with Gasteiger partial charge in [-0.15, -0.1) is 0 Å². The Bertz CT molecular complexity index is 318. The molecule has 8 heteroatoms. The molecule has 0 aromatic rings. The lowest BCUT2D eigenvalue weighted by Gasteiger charge is -2.34. The van der Waals surface area contributed by atoms with Gasteiger partial charge >= 0.3 is 12.1 Å². The number of halogens is 3. The third kappa shape index (κ3) is 2.06. The largest absolute Gasteiger partial charge is 0.493 e. The van der Waals surface area contributed by atoms with Crippen LogP contribution in [0.25, 0.3) is 0 Å². The van der Waals surface area contributed by atoms with E-state index in [2.05, 4.69) is 10.2 Å². The standard InChI is InChI=1S/C8H10F3N3O2/c9-8(10,11)7(15)16-14-4-3-13-2-1-12-5-6(13)14/h3-4,6,12H,1-2,5H2. The zero-order chi connectivity index (χ0) is 11.8. The van der Waals surface area contributed by atoms with Gasteiger partial charge in [-0.2, -0.15) is 18.2 Å². The molecule has 2 aliphatic heterocycles. The average molecular weight is 237 g/mol. The lowest BCUT2D eigenvalue weighted by atomic mass is 10.3. The first-order valence-electron chi connectivity index (χ1n) is 4.71. The minimum Gasteiger partial charge on any atom is -0.351 e. The molecule has 0 bridgehead atoms. The van der Waals surface area contributed by atoms with Gasteiger partial charge in [0.2, 0.25) is 0 Å². The van der Waals surface area contributed by atoms with Crippen molar-refractivity contribution in [3.8, 4) is 0 Å². The fourth-order valence-electron chi connectivity index (χ4n) is 1.61. The molecule has 1 N–H and O–H groups in total. The first kappa shape index (κ1) is 11.1. The number of rotatable bonds is 1. The molecule has 0 saturated carbocycles. The van der Waals surface area contributed by atoms with E-state index in [4.69, 9.17) is 0 Å². The van der Waals surface area contributed by atoms with Gasteiger partial charge in [-0.3, -0.25) is 0 Å². The summed E-state index contributed by atoms with van der Waals surface area (Å²) in [5, 5.41) is 3.92. The summed E-state index contributed by atoms with van der Waals surface area (Å²) in [4.78, 5) is 16.7. The van der Waals surface area contributed by atoms with Crippen molar-refractivity contribution < 1.29 is 22.8 Å². The van der Waals surface area contributed by atoms with E-state index in [1.807, 2.05) is 0 Å². The molecule has 0 aromatic carbocycles. The monoisotopic (exact) mass is 237 g/mol. The van der Waals surface area contributed by atoms with Gasteiger partial charge in [0.25, 0.3) is 0 Å². The quantitative estimate of drug-likeness (QED) is 0.696. The number of carbonyl (C=O) groups excluding carboxylic acids is 1. The molecular weight excluding hydrogens is 227 g/mol. The highest BCUT2D eigenvalue weighted by molar-refractivity contribution is 5.75. The highest BCUT2D eigenvalue weighted by Crippen LogP contribution is 2.22. The summed E-state index contributed by atoms with van der Waals surface area (Å²) < 4.78 is 35.9. The van der Waals surface area contributed by atoms with Gasteiger partial charge in [-0.25, -0.2) is 4.79 Å². The summed E-state index contributed by atoms with van der Waals surface area (Å²) in [5.41, 5.74) is 0. The Morgan fingerprint density at radius 1 is 1.44 bits per heavy atom. The number of carbonyl (C=O) groups is 1. The Balaban J connectivity index is 1.96. The topological polar surface area (TPSA) is 44.8 Å². The molecule has 1 atom stereocenters. The highest BCUT2D eigenvalue weighted by atomic mass is 19.4. The third-order valence-corrected chi connectivity index (χ3v) is 2.38. The Hall–Kier alpha value is -1.44. The lowest BCUT2D eigenvalue weighted by molar-refractivity contribution is -0.239. The van der Waals surface area contributed by atoms with Gasteiger partial charge in [0, 0.05) is 25.8 Å². The number of hydrogen-bond acceptors (Lipinski definition) is 5. The normalized spacial score (nSPS) is 24.6. The van der Waals surface area contributed by atoms with Gasteiger partial charge in [0.15, 0.2) is 0 Å². The van der Waals surface area contributed by atoms with Crippen LogP contribution in [0.2, 0.25) is 0 Å². The maximum Gasteiger partial charge on any atom is 0.493 e. The Morgan fingerprint density at radius 3 is 2.88 bits per heavy atom. The summed E-state index contributed by atoms with van der Waals surface area (Å²) >= 11 is 0. The summed E-state index contributed by atoms with van der Waals surface area (Å²) in [6, 6.07) is 0. The predicted molar refractivity (Wildman–Crippen MR) is 46.5 cm³/mol. The van der Waals surface area contributed by atoms with Gasteiger partial charge in [-0.05, 0) is 0 Å². The second-order valence-corrected chi connectivity index (χ2v) is 3.46. The fraction of sp³-hybridized carbons (Fsp3) is 0.625. The van der Waals surface area contributed by atoms with Crippen LogP contribution in [-0.2, 0) is 9.63 Å². The molecule has 0 aliphatic carbocycles. The molecule has 1 fully saturated rings. The molecule has 0 radical (unpaired) electrons. The molecule has 2 rings (SSSR count). The van der Waals surface area contributed by atoms with Gasteiger partial charge in [0.05, 0.1) is 6.20 Å². The van der Waals surface area contributed by atoms with Crippen LogP contribution in [0.3, 0.4) is 0 Å². The minimum absolute atomic E-state index is 0.389. The van der Waals surface area contributed by atoms with Crippen molar-refractivity contribution in [2.45, 2.75) is 12.3 Å². The van der Waals surface area contributed by atoms with E-state index in [0.717, 1.165) is 11.6 Å². The van der Waals surface area contributed by atoms with Gasteiger partial charge in [0.1, 0.15) is 6.17 Å². The zero-order valence-electron chi connectivity index (χ0n) is 8.20. The molecule has 2 heterocycles. The highest BCUT2D eigenvalue weighted by Gasteiger charge is 2.44. The molecule has 16 heavy (non-hydrogen) atoms. The van der Waals surface area contributed by atoms with Crippen LogP contribution in [0, 0.1) is 0 Å². The van der Waals surface area contributed by atoms with Crippen molar-refractivity contribution in [3.05, 3.63) is 12.4 Å². The minimum atomic E-state index is -4.97. The SMILES string of the molecule is O=C(ON1C=CN2CCNCC21)C(F)(F)F. The van der Waals surface area contributed by atoms with Crippen molar-refractivity contribution >= 4 is 5.97 Å². The predicted octanol–water partition coefficient (Wildman–Crippen LogP) is 0.0250. The fourth-order valence-corrected chi connectivity index (χ4v) is 1.61. The number of hydroxylamine groups is 2. The van der Waals surface area contributed by atoms with Crippen molar-refractivity contribution in [3.63, 3.8) is 0 Å². The van der Waals surface area contributed by atoms with E-state index < -0.39 is 12.1 Å². The van der Waals surface area contributed by atoms with Crippen LogP contribution >= 0.6 is 0 Å². The summed E-state index contributed by atoms with van der Waals surface area (Å²) in [6.45, 7) is 1.86. The maximum atomic E-state index is 12.0. The Kier molecular flexibility index (Phi) is 2.66. The zero-order valence-corrected chi connectivity index (χ0v) is 8.20. The number of alkyl halides is 3. The van der Waals surface area contributed by atoms with Crippen molar-refractivity contribution in [2.75, 3.05) is 19.6 Å². The Labute approximate surface area is 89.4 Å². The summed E-state index contributed by atoms with van der Waals surface area (Å²) in [5.74, 6) is -2.20. The number of fused-ring (bicyclic) bond motifs is 1. The summed E-state index contributed by atoms with van der Waals surface area (Å²) in [6.07, 6.45) is -2.43. The second kappa shape index (κ2) is 3.85. The third-order valence-electron chi connectivity index (χ3n) is 2.38. The first-order valence-corrected chi connectivity index (χ1v) is 4.71. The lowest BCUT2D eigenvalue weighted by Crippen LogP contribution is -2.53. The average Bonchev–Trinajstić information content (AvgIpc) is 2.61. The molecule has 0 aromatic heterocycles. The molecule has 1 saturated heterocycles. The van der Waals surface area contributed by atoms with E-state index in [0.29, 0.717) is 13.1 Å². The van der Waals surface area contributed by atoms with Crippen LogP contribution in [0.1, 0.15) is 0 Å². The molecule has 1 unspecified atom stereocenters. The summed E-state index contributed by atoms with van der Waals surface area (Å²) in [7, 11) is 0. The molecule has 2 aliphatic rings. The van der Waals surface area contributed by atoms with Crippen LogP contribution in [0.15, 0.2) is 12.4 Å². The number of nitrogens with one attached hydrogen (secondary N) is 1. The van der Waals surface area contributed by atoms with Crippen molar-refractivity contribution in [2.24, 2.45) is 0 Å². The van der Waals surface area contributed by atoms with Gasteiger partial charge in [-0.1, -0.05) is 0 Å². The second-order valence-electron chi connectivity index (χ2n) is 3.46. The molecular formula is C8H10F3N3O2. The maximum absolute atomic E-state index is 12.0. The van der Waals surface area contributed by atoms with Crippen molar-refractivity contribution in [1.82, 2.24) is 15.3 Å². The van der Waals surface area contributed by atoms with E-state index in [9.17, 15) is 18.0 Å². The van der Waals surface area contributed by atoms with E-state index in [1.165, 1.54) is 6.20 Å². The van der Waals surface area contributed by atoms with Crippen LogP contribution < -0.4 is 5.32 Å². The van der Waals surface area contributed by atoms with Crippen LogP contribution in [0.4, 0.5) is 13.2 Å². The molecule has 90 valence electrons. The van der Waals surface area contributed by atoms with Crippen LogP contribution in [-0.4, -0.2) is 47.9 Å². The molecule has 0 amide bonds.